The van der Waals surface area contributed by atoms with Crippen LogP contribution in [0.1, 0.15) is 58.6 Å². The van der Waals surface area contributed by atoms with Crippen molar-refractivity contribution in [3.8, 4) is 0 Å². The van der Waals surface area contributed by atoms with Crippen molar-refractivity contribution >= 4 is 0 Å². The van der Waals surface area contributed by atoms with Gasteiger partial charge in [0.2, 0.25) is 0 Å². The molecule has 4 heteroatoms. The van der Waals surface area contributed by atoms with Crippen molar-refractivity contribution in [2.75, 3.05) is 7.05 Å². The van der Waals surface area contributed by atoms with Crippen LogP contribution >= 0.6 is 0 Å². The zero-order valence-electron chi connectivity index (χ0n) is 11.9. The van der Waals surface area contributed by atoms with Crippen molar-refractivity contribution < 1.29 is 0 Å². The van der Waals surface area contributed by atoms with Crippen molar-refractivity contribution in [3.05, 3.63) is 11.9 Å². The van der Waals surface area contributed by atoms with E-state index in [1.54, 1.807) is 0 Å². The van der Waals surface area contributed by atoms with Gasteiger partial charge in [-0.25, -0.2) is 4.68 Å². The van der Waals surface area contributed by atoms with E-state index in [0.717, 1.165) is 18.8 Å². The van der Waals surface area contributed by atoms with Crippen LogP contribution in [0.2, 0.25) is 0 Å². The highest BCUT2D eigenvalue weighted by atomic mass is 15.4. The number of hydrogen-bond acceptors (Lipinski definition) is 3. The van der Waals surface area contributed by atoms with Crippen molar-refractivity contribution in [1.29, 1.82) is 0 Å². The molecule has 0 unspecified atom stereocenters. The Morgan fingerprint density at radius 2 is 1.88 bits per heavy atom. The first-order valence-electron chi connectivity index (χ1n) is 6.90. The van der Waals surface area contributed by atoms with Gasteiger partial charge >= 0.3 is 0 Å². The second kappa shape index (κ2) is 11.6. The number of rotatable bonds is 8. The van der Waals surface area contributed by atoms with E-state index in [1.807, 2.05) is 31.8 Å². The maximum Gasteiger partial charge on any atom is 0.0919 e. The maximum atomic E-state index is 4.13. The molecule has 1 N–H and O–H groups in total. The van der Waals surface area contributed by atoms with Crippen molar-refractivity contribution in [2.45, 2.75) is 66.0 Å². The van der Waals surface area contributed by atoms with Crippen molar-refractivity contribution in [2.24, 2.45) is 0 Å². The lowest BCUT2D eigenvalue weighted by Gasteiger charge is -1.97. The molecular formula is C13H28N4. The Kier molecular flexibility index (Phi) is 11.0. The molecule has 1 heterocycles. The maximum absolute atomic E-state index is 4.13. The number of aromatic nitrogens is 3. The Labute approximate surface area is 106 Å². The Hall–Kier alpha value is -0.900. The van der Waals surface area contributed by atoms with Crippen LogP contribution < -0.4 is 5.32 Å². The average molecular weight is 240 g/mol. The molecule has 0 bridgehead atoms. The summed E-state index contributed by atoms with van der Waals surface area (Å²) >= 11 is 0. The smallest absolute Gasteiger partial charge is 0.0919 e. The Morgan fingerprint density at radius 3 is 2.53 bits per heavy atom. The van der Waals surface area contributed by atoms with Crippen LogP contribution in [-0.4, -0.2) is 22.0 Å². The van der Waals surface area contributed by atoms with Gasteiger partial charge in [0.15, 0.2) is 0 Å². The third-order valence-electron chi connectivity index (χ3n) is 2.44. The molecule has 4 nitrogen and oxygen atoms in total. The highest BCUT2D eigenvalue weighted by Crippen LogP contribution is 2.06. The predicted molar refractivity (Wildman–Crippen MR) is 72.9 cm³/mol. The van der Waals surface area contributed by atoms with Crippen LogP contribution in [0.3, 0.4) is 0 Å². The standard InChI is InChI=1S/C11H22N4.C2H6/c1-3-4-5-6-7-8-11-9-15(10-12-2)14-13-11;1-2/h9,12H,3-8,10H2,1-2H3;1-2H3. The summed E-state index contributed by atoms with van der Waals surface area (Å²) in [5.41, 5.74) is 1.11. The molecule has 0 aliphatic heterocycles. The fourth-order valence-electron chi connectivity index (χ4n) is 1.60. The molecule has 1 aromatic rings. The molecule has 0 spiro atoms. The minimum Gasteiger partial charge on any atom is -0.301 e. The zero-order chi connectivity index (χ0) is 12.9. The fourth-order valence-corrected chi connectivity index (χ4v) is 1.60. The Morgan fingerprint density at radius 1 is 1.18 bits per heavy atom. The van der Waals surface area contributed by atoms with Crippen LogP contribution in [0.25, 0.3) is 0 Å². The monoisotopic (exact) mass is 240 g/mol. The minimum atomic E-state index is 0.739. The number of nitrogens with one attached hydrogen (secondary N) is 1. The third-order valence-corrected chi connectivity index (χ3v) is 2.44. The second-order valence-corrected chi connectivity index (χ2v) is 3.93. The lowest BCUT2D eigenvalue weighted by Crippen LogP contribution is -2.13. The predicted octanol–water partition coefficient (Wildman–Crippen LogP) is 2.99. The SMILES string of the molecule is CC.CCCCCCCc1cn(CNC)nn1. The van der Waals surface area contributed by atoms with Crippen LogP contribution in [0, 0.1) is 0 Å². The first kappa shape index (κ1) is 16.1. The summed E-state index contributed by atoms with van der Waals surface area (Å²) in [6.45, 7) is 6.98. The zero-order valence-corrected chi connectivity index (χ0v) is 11.9. The van der Waals surface area contributed by atoms with Crippen LogP contribution in [0.15, 0.2) is 6.20 Å². The molecule has 0 fully saturated rings. The second-order valence-electron chi connectivity index (χ2n) is 3.93. The summed E-state index contributed by atoms with van der Waals surface area (Å²) in [5, 5.41) is 11.2. The topological polar surface area (TPSA) is 42.7 Å². The Balaban J connectivity index is 0.00000121. The van der Waals surface area contributed by atoms with Gasteiger partial charge < -0.3 is 5.32 Å². The molecule has 0 aliphatic carbocycles. The molecule has 0 radical (unpaired) electrons. The number of aryl methyl sites for hydroxylation is 1. The molecule has 0 atom stereocenters. The van der Waals surface area contributed by atoms with E-state index in [-0.39, 0.29) is 0 Å². The average Bonchev–Trinajstić information content (AvgIpc) is 2.80. The lowest BCUT2D eigenvalue weighted by atomic mass is 10.1. The lowest BCUT2D eigenvalue weighted by molar-refractivity contribution is 0.537. The van der Waals surface area contributed by atoms with Crippen LogP contribution in [0.5, 0.6) is 0 Å². The first-order valence-corrected chi connectivity index (χ1v) is 6.90. The van der Waals surface area contributed by atoms with Gasteiger partial charge in [-0.15, -0.1) is 5.10 Å². The molecule has 100 valence electrons. The van der Waals surface area contributed by atoms with Crippen molar-refractivity contribution in [1.82, 2.24) is 20.3 Å². The molecular weight excluding hydrogens is 212 g/mol. The molecule has 0 aliphatic rings. The molecule has 0 saturated heterocycles. The largest absolute Gasteiger partial charge is 0.301 e. The highest BCUT2D eigenvalue weighted by Gasteiger charge is 1.99. The summed E-state index contributed by atoms with van der Waals surface area (Å²) in [4.78, 5) is 0. The summed E-state index contributed by atoms with van der Waals surface area (Å²) in [5.74, 6) is 0. The molecule has 0 aromatic carbocycles. The third kappa shape index (κ3) is 7.91. The number of hydrogen-bond donors (Lipinski definition) is 1. The van der Waals surface area contributed by atoms with Gasteiger partial charge in [0.25, 0.3) is 0 Å². The number of nitrogens with zero attached hydrogens (tertiary/aromatic N) is 3. The fraction of sp³-hybridized carbons (Fsp3) is 0.846. The molecule has 1 aromatic heterocycles. The van der Waals surface area contributed by atoms with E-state index in [0.29, 0.717) is 0 Å². The molecule has 17 heavy (non-hydrogen) atoms. The van der Waals surface area contributed by atoms with E-state index in [4.69, 9.17) is 0 Å². The first-order chi connectivity index (χ1) is 8.36. The van der Waals surface area contributed by atoms with E-state index >= 15 is 0 Å². The van der Waals surface area contributed by atoms with Gasteiger partial charge in [-0.1, -0.05) is 51.7 Å². The summed E-state index contributed by atoms with van der Waals surface area (Å²) in [6.07, 6.45) is 9.64. The van der Waals surface area contributed by atoms with Gasteiger partial charge in [0.1, 0.15) is 0 Å². The summed E-state index contributed by atoms with van der Waals surface area (Å²) in [6, 6.07) is 0. The normalized spacial score (nSPS) is 9.88. The van der Waals surface area contributed by atoms with Gasteiger partial charge in [-0.3, -0.25) is 0 Å². The van der Waals surface area contributed by atoms with E-state index < -0.39 is 0 Å². The van der Waals surface area contributed by atoms with E-state index in [2.05, 4.69) is 22.6 Å². The van der Waals surface area contributed by atoms with Gasteiger partial charge in [-0.05, 0) is 19.9 Å². The summed E-state index contributed by atoms with van der Waals surface area (Å²) < 4.78 is 1.83. The van der Waals surface area contributed by atoms with E-state index in [1.165, 1.54) is 32.1 Å². The Bertz CT molecular complexity index is 258. The van der Waals surface area contributed by atoms with Crippen molar-refractivity contribution in [3.63, 3.8) is 0 Å². The van der Waals surface area contributed by atoms with Gasteiger partial charge in [0, 0.05) is 6.20 Å². The van der Waals surface area contributed by atoms with E-state index in [9.17, 15) is 0 Å². The molecule has 0 saturated carbocycles. The minimum absolute atomic E-state index is 0.739. The number of unbranched alkanes of at least 4 members (excludes halogenated alkanes) is 4. The molecule has 1 rings (SSSR count). The van der Waals surface area contributed by atoms with Crippen LogP contribution in [0.4, 0.5) is 0 Å². The van der Waals surface area contributed by atoms with Gasteiger partial charge in [-0.2, -0.15) is 0 Å². The van der Waals surface area contributed by atoms with Crippen LogP contribution in [-0.2, 0) is 13.1 Å². The highest BCUT2D eigenvalue weighted by molar-refractivity contribution is 4.91. The quantitative estimate of drug-likeness (QED) is 0.710. The summed E-state index contributed by atoms with van der Waals surface area (Å²) in [7, 11) is 1.91. The van der Waals surface area contributed by atoms with Gasteiger partial charge in [0.05, 0.1) is 12.4 Å². The molecule has 0 amide bonds.